The molecule has 0 bridgehead atoms. The van der Waals surface area contributed by atoms with Crippen molar-refractivity contribution in [1.82, 2.24) is 15.1 Å². The summed E-state index contributed by atoms with van der Waals surface area (Å²) in [6.07, 6.45) is 0. The molecule has 0 spiro atoms. The minimum absolute atomic E-state index is 0.0505. The number of nitrogens with one attached hydrogen (secondary N) is 1. The normalized spacial score (nSPS) is 10.2. The fourth-order valence-electron chi connectivity index (χ4n) is 1.79. The lowest BCUT2D eigenvalue weighted by molar-refractivity contribution is -0.384. The molecular formula is C13H7N5O3. The molecule has 2 heterocycles. The van der Waals surface area contributed by atoms with E-state index in [0.29, 0.717) is 17.0 Å². The summed E-state index contributed by atoms with van der Waals surface area (Å²) < 4.78 is 5.09. The van der Waals surface area contributed by atoms with Crippen LogP contribution in [0.4, 0.5) is 5.69 Å². The van der Waals surface area contributed by atoms with E-state index < -0.39 is 4.92 Å². The van der Waals surface area contributed by atoms with Crippen molar-refractivity contribution in [2.24, 2.45) is 0 Å². The second kappa shape index (κ2) is 4.90. The Balaban J connectivity index is 1.96. The molecule has 8 heteroatoms. The molecule has 0 aliphatic carbocycles. The second-order valence-electron chi connectivity index (χ2n) is 4.13. The molecule has 1 aromatic carbocycles. The summed E-state index contributed by atoms with van der Waals surface area (Å²) in [5.74, 6) is 0.444. The number of hydrogen-bond acceptors (Lipinski definition) is 6. The number of benzene rings is 1. The van der Waals surface area contributed by atoms with E-state index in [1.54, 1.807) is 24.3 Å². The molecule has 2 aromatic heterocycles. The lowest BCUT2D eigenvalue weighted by atomic mass is 10.2. The van der Waals surface area contributed by atoms with Gasteiger partial charge < -0.3 is 9.51 Å². The molecule has 8 nitrogen and oxygen atoms in total. The molecule has 0 aliphatic heterocycles. The minimum atomic E-state index is -0.491. The van der Waals surface area contributed by atoms with E-state index in [1.807, 2.05) is 6.07 Å². The largest absolute Gasteiger partial charge is 0.342 e. The summed E-state index contributed by atoms with van der Waals surface area (Å²) in [6.45, 7) is 0. The number of aromatic nitrogens is 3. The molecule has 0 unspecified atom stereocenters. The Bertz CT molecular complexity index is 859. The van der Waals surface area contributed by atoms with Gasteiger partial charge in [-0.3, -0.25) is 10.1 Å². The van der Waals surface area contributed by atoms with Gasteiger partial charge in [0.15, 0.2) is 0 Å². The van der Waals surface area contributed by atoms with E-state index in [1.165, 1.54) is 12.1 Å². The van der Waals surface area contributed by atoms with Crippen LogP contribution < -0.4 is 0 Å². The van der Waals surface area contributed by atoms with Gasteiger partial charge in [-0.2, -0.15) is 10.2 Å². The fraction of sp³-hybridized carbons (Fsp3) is 0. The van der Waals surface area contributed by atoms with Crippen LogP contribution in [-0.4, -0.2) is 20.0 Å². The summed E-state index contributed by atoms with van der Waals surface area (Å²) in [4.78, 5) is 17.2. The predicted octanol–water partition coefficient (Wildman–Crippen LogP) is 2.51. The van der Waals surface area contributed by atoms with Gasteiger partial charge in [0.05, 0.1) is 4.92 Å². The SMILES string of the molecule is N#Cc1ccc(-c2nc(-c3cccc([N+](=O)[O-])c3)no2)[nH]1. The van der Waals surface area contributed by atoms with E-state index >= 15 is 0 Å². The number of nitro groups is 1. The lowest BCUT2D eigenvalue weighted by Crippen LogP contribution is -1.88. The third kappa shape index (κ3) is 2.35. The first-order chi connectivity index (χ1) is 10.2. The van der Waals surface area contributed by atoms with Crippen LogP contribution in [0.2, 0.25) is 0 Å². The number of nitro benzene ring substituents is 1. The van der Waals surface area contributed by atoms with Gasteiger partial charge >= 0.3 is 0 Å². The van der Waals surface area contributed by atoms with Crippen molar-refractivity contribution in [1.29, 1.82) is 5.26 Å². The van der Waals surface area contributed by atoms with Crippen molar-refractivity contribution in [2.75, 3.05) is 0 Å². The van der Waals surface area contributed by atoms with Crippen molar-refractivity contribution in [3.8, 4) is 29.0 Å². The molecule has 0 amide bonds. The van der Waals surface area contributed by atoms with Gasteiger partial charge in [0.2, 0.25) is 5.82 Å². The third-order valence-corrected chi connectivity index (χ3v) is 2.78. The van der Waals surface area contributed by atoms with Crippen molar-refractivity contribution in [2.45, 2.75) is 0 Å². The Labute approximate surface area is 117 Å². The van der Waals surface area contributed by atoms with Gasteiger partial charge in [-0.25, -0.2) is 0 Å². The summed E-state index contributed by atoms with van der Waals surface area (Å²) >= 11 is 0. The van der Waals surface area contributed by atoms with Gasteiger partial charge in [-0.1, -0.05) is 17.3 Å². The van der Waals surface area contributed by atoms with E-state index in [0.717, 1.165) is 0 Å². The standard InChI is InChI=1S/C13H7N5O3/c14-7-9-4-5-11(15-9)13-16-12(17-21-13)8-2-1-3-10(6-8)18(19)20/h1-6,15H. The lowest BCUT2D eigenvalue weighted by Gasteiger charge is -1.94. The molecule has 0 saturated heterocycles. The molecular weight excluding hydrogens is 274 g/mol. The number of non-ortho nitro benzene ring substituents is 1. The maximum Gasteiger partial charge on any atom is 0.274 e. The summed E-state index contributed by atoms with van der Waals surface area (Å²) in [5, 5.41) is 23.3. The van der Waals surface area contributed by atoms with Gasteiger partial charge in [-0.15, -0.1) is 0 Å². The number of aromatic amines is 1. The Morgan fingerprint density at radius 3 is 2.90 bits per heavy atom. The van der Waals surface area contributed by atoms with Crippen LogP contribution in [0.15, 0.2) is 40.9 Å². The highest BCUT2D eigenvalue weighted by Gasteiger charge is 2.14. The monoisotopic (exact) mass is 281 g/mol. The molecule has 3 aromatic rings. The number of nitrogens with zero attached hydrogens (tertiary/aromatic N) is 4. The van der Waals surface area contributed by atoms with Gasteiger partial charge in [0, 0.05) is 17.7 Å². The van der Waals surface area contributed by atoms with Crippen LogP contribution in [-0.2, 0) is 0 Å². The van der Waals surface area contributed by atoms with Crippen LogP contribution in [0.5, 0.6) is 0 Å². The highest BCUT2D eigenvalue weighted by molar-refractivity contribution is 5.61. The Morgan fingerprint density at radius 2 is 2.19 bits per heavy atom. The zero-order valence-electron chi connectivity index (χ0n) is 10.5. The first kappa shape index (κ1) is 12.6. The molecule has 0 aliphatic rings. The molecule has 21 heavy (non-hydrogen) atoms. The maximum absolute atomic E-state index is 10.8. The molecule has 0 saturated carbocycles. The van der Waals surface area contributed by atoms with E-state index in [-0.39, 0.29) is 17.4 Å². The quantitative estimate of drug-likeness (QED) is 0.581. The van der Waals surface area contributed by atoms with Gasteiger partial charge in [0.1, 0.15) is 17.5 Å². The van der Waals surface area contributed by atoms with Crippen LogP contribution in [0.3, 0.4) is 0 Å². The highest BCUT2D eigenvalue weighted by atomic mass is 16.6. The third-order valence-electron chi connectivity index (χ3n) is 2.78. The van der Waals surface area contributed by atoms with E-state index in [2.05, 4.69) is 15.1 Å². The Morgan fingerprint density at radius 1 is 1.33 bits per heavy atom. The molecule has 0 atom stereocenters. The average molecular weight is 281 g/mol. The first-order valence-corrected chi connectivity index (χ1v) is 5.85. The maximum atomic E-state index is 10.8. The minimum Gasteiger partial charge on any atom is -0.342 e. The molecule has 3 rings (SSSR count). The Kier molecular flexibility index (Phi) is 2.93. The van der Waals surface area contributed by atoms with Crippen molar-refractivity contribution in [3.63, 3.8) is 0 Å². The second-order valence-corrected chi connectivity index (χ2v) is 4.13. The predicted molar refractivity (Wildman–Crippen MR) is 70.9 cm³/mol. The number of rotatable bonds is 3. The first-order valence-electron chi connectivity index (χ1n) is 5.85. The smallest absolute Gasteiger partial charge is 0.274 e. The van der Waals surface area contributed by atoms with Crippen LogP contribution in [0.1, 0.15) is 5.69 Å². The summed E-state index contributed by atoms with van der Waals surface area (Å²) in [5.41, 5.74) is 1.31. The highest BCUT2D eigenvalue weighted by Crippen LogP contribution is 2.24. The van der Waals surface area contributed by atoms with Crippen LogP contribution in [0, 0.1) is 21.4 Å². The molecule has 0 fully saturated rings. The van der Waals surface area contributed by atoms with Gasteiger partial charge in [-0.05, 0) is 12.1 Å². The Hall–Kier alpha value is -3.47. The topological polar surface area (TPSA) is 122 Å². The van der Waals surface area contributed by atoms with Crippen LogP contribution >= 0.6 is 0 Å². The van der Waals surface area contributed by atoms with Gasteiger partial charge in [0.25, 0.3) is 11.6 Å². The van der Waals surface area contributed by atoms with Crippen molar-refractivity contribution < 1.29 is 9.45 Å². The van der Waals surface area contributed by atoms with E-state index in [9.17, 15) is 10.1 Å². The molecule has 102 valence electrons. The number of H-pyrrole nitrogens is 1. The van der Waals surface area contributed by atoms with Crippen molar-refractivity contribution >= 4 is 5.69 Å². The number of nitriles is 1. The van der Waals surface area contributed by atoms with E-state index in [4.69, 9.17) is 9.78 Å². The van der Waals surface area contributed by atoms with Crippen LogP contribution in [0.25, 0.3) is 23.0 Å². The average Bonchev–Trinajstić information content (AvgIpc) is 3.16. The zero-order valence-corrected chi connectivity index (χ0v) is 10.5. The fourth-order valence-corrected chi connectivity index (χ4v) is 1.79. The zero-order chi connectivity index (χ0) is 14.8. The molecule has 0 radical (unpaired) electrons. The number of hydrogen-bond donors (Lipinski definition) is 1. The summed E-state index contributed by atoms with van der Waals surface area (Å²) in [6, 6.07) is 11.1. The summed E-state index contributed by atoms with van der Waals surface area (Å²) in [7, 11) is 0. The van der Waals surface area contributed by atoms with Crippen molar-refractivity contribution in [3.05, 3.63) is 52.2 Å². The molecule has 1 N–H and O–H groups in total.